The summed E-state index contributed by atoms with van der Waals surface area (Å²) in [6.45, 7) is 1.66. The van der Waals surface area contributed by atoms with E-state index in [2.05, 4.69) is 5.10 Å². The molecule has 2 rings (SSSR count). The first kappa shape index (κ1) is 15.4. The molecule has 0 spiro atoms. The van der Waals surface area contributed by atoms with Gasteiger partial charge in [0.15, 0.2) is 17.4 Å². The maximum atomic E-state index is 13.7. The van der Waals surface area contributed by atoms with E-state index in [4.69, 9.17) is 9.88 Å². The van der Waals surface area contributed by atoms with E-state index in [1.807, 2.05) is 0 Å². The molecule has 1 aromatic heterocycles. The lowest BCUT2D eigenvalue weighted by atomic mass is 10.3. The summed E-state index contributed by atoms with van der Waals surface area (Å²) in [4.78, 5) is -0.652. The van der Waals surface area contributed by atoms with Gasteiger partial charge in [-0.2, -0.15) is 5.10 Å². The van der Waals surface area contributed by atoms with Crippen LogP contribution in [0.15, 0.2) is 23.1 Å². The molecule has 21 heavy (non-hydrogen) atoms. The fourth-order valence-corrected chi connectivity index (χ4v) is 2.32. The van der Waals surface area contributed by atoms with E-state index in [9.17, 15) is 17.2 Å². The van der Waals surface area contributed by atoms with Crippen molar-refractivity contribution >= 4 is 10.0 Å². The topological polar surface area (TPSA) is 87.2 Å². The van der Waals surface area contributed by atoms with Crippen LogP contribution in [0, 0.1) is 18.6 Å². The lowest BCUT2D eigenvalue weighted by Gasteiger charge is -2.09. The Morgan fingerprint density at radius 1 is 1.29 bits per heavy atom. The van der Waals surface area contributed by atoms with Gasteiger partial charge in [-0.1, -0.05) is 0 Å². The summed E-state index contributed by atoms with van der Waals surface area (Å²) in [5.74, 6) is -2.95. The fraction of sp³-hybridized carbons (Fsp3) is 0.250. The SMILES string of the molecule is Cc1cc(COc2c(F)cc(S(N)(=O)=O)cc2F)n(C)n1. The first-order valence-electron chi connectivity index (χ1n) is 5.82. The van der Waals surface area contributed by atoms with Gasteiger partial charge in [-0.05, 0) is 25.1 Å². The lowest BCUT2D eigenvalue weighted by molar-refractivity contribution is 0.264. The number of nitrogens with zero attached hydrogens (tertiary/aromatic N) is 2. The molecule has 0 aliphatic heterocycles. The van der Waals surface area contributed by atoms with Gasteiger partial charge in [0, 0.05) is 7.05 Å². The Labute approximate surface area is 120 Å². The molecule has 0 fully saturated rings. The van der Waals surface area contributed by atoms with Gasteiger partial charge >= 0.3 is 0 Å². The summed E-state index contributed by atoms with van der Waals surface area (Å²) < 4.78 is 56.2. The number of aryl methyl sites for hydroxylation is 2. The second kappa shape index (κ2) is 5.41. The third kappa shape index (κ3) is 3.37. The second-order valence-corrected chi connectivity index (χ2v) is 6.01. The van der Waals surface area contributed by atoms with Crippen molar-refractivity contribution in [2.24, 2.45) is 12.2 Å². The van der Waals surface area contributed by atoms with Crippen molar-refractivity contribution in [3.8, 4) is 5.75 Å². The standard InChI is InChI=1S/C12H13F2N3O3S/c1-7-3-8(17(2)16-7)6-20-12-10(13)4-9(5-11(12)14)21(15,18)19/h3-5H,6H2,1-2H3,(H2,15,18,19). The molecule has 0 bridgehead atoms. The van der Waals surface area contributed by atoms with E-state index in [1.165, 1.54) is 4.68 Å². The van der Waals surface area contributed by atoms with Crippen molar-refractivity contribution < 1.29 is 21.9 Å². The van der Waals surface area contributed by atoms with Crippen LogP contribution in [0.25, 0.3) is 0 Å². The monoisotopic (exact) mass is 317 g/mol. The first-order valence-corrected chi connectivity index (χ1v) is 7.37. The van der Waals surface area contributed by atoms with Gasteiger partial charge in [0.25, 0.3) is 0 Å². The number of hydrogen-bond donors (Lipinski definition) is 1. The highest BCUT2D eigenvalue weighted by Gasteiger charge is 2.18. The Morgan fingerprint density at radius 3 is 2.29 bits per heavy atom. The van der Waals surface area contributed by atoms with Crippen LogP contribution in [-0.2, 0) is 23.7 Å². The molecular formula is C12H13F2N3O3S. The predicted molar refractivity (Wildman–Crippen MR) is 70.0 cm³/mol. The van der Waals surface area contributed by atoms with E-state index >= 15 is 0 Å². The van der Waals surface area contributed by atoms with Crippen molar-refractivity contribution in [1.29, 1.82) is 0 Å². The van der Waals surface area contributed by atoms with Crippen molar-refractivity contribution in [3.05, 3.63) is 41.2 Å². The molecule has 2 N–H and O–H groups in total. The number of sulfonamides is 1. The minimum absolute atomic E-state index is 0.111. The average Bonchev–Trinajstić information content (AvgIpc) is 2.65. The predicted octanol–water partition coefficient (Wildman–Crippen LogP) is 1.23. The molecule has 1 aromatic carbocycles. The normalized spacial score (nSPS) is 11.7. The highest BCUT2D eigenvalue weighted by molar-refractivity contribution is 7.89. The molecule has 1 heterocycles. The van der Waals surface area contributed by atoms with Crippen LogP contribution in [-0.4, -0.2) is 18.2 Å². The van der Waals surface area contributed by atoms with Crippen LogP contribution < -0.4 is 9.88 Å². The lowest BCUT2D eigenvalue weighted by Crippen LogP contribution is -2.13. The van der Waals surface area contributed by atoms with Crippen LogP contribution in [0.5, 0.6) is 5.75 Å². The van der Waals surface area contributed by atoms with E-state index in [-0.39, 0.29) is 6.61 Å². The van der Waals surface area contributed by atoms with Gasteiger partial charge in [0.05, 0.1) is 16.3 Å². The fourth-order valence-electron chi connectivity index (χ4n) is 1.78. The number of nitrogens with two attached hydrogens (primary N) is 1. The second-order valence-electron chi connectivity index (χ2n) is 4.45. The molecule has 2 aromatic rings. The average molecular weight is 317 g/mol. The van der Waals surface area contributed by atoms with Gasteiger partial charge in [0.2, 0.25) is 10.0 Å². The van der Waals surface area contributed by atoms with E-state index in [0.29, 0.717) is 17.8 Å². The third-order valence-electron chi connectivity index (χ3n) is 2.76. The Morgan fingerprint density at radius 2 is 1.86 bits per heavy atom. The maximum Gasteiger partial charge on any atom is 0.238 e. The molecule has 6 nitrogen and oxygen atoms in total. The molecule has 114 valence electrons. The Balaban J connectivity index is 2.27. The van der Waals surface area contributed by atoms with E-state index < -0.39 is 32.3 Å². The minimum atomic E-state index is -4.18. The Kier molecular flexibility index (Phi) is 3.97. The van der Waals surface area contributed by atoms with Crippen molar-refractivity contribution in [2.75, 3.05) is 0 Å². The number of hydrogen-bond acceptors (Lipinski definition) is 4. The van der Waals surface area contributed by atoms with Crippen LogP contribution in [0.2, 0.25) is 0 Å². The summed E-state index contributed by atoms with van der Waals surface area (Å²) in [6.07, 6.45) is 0. The van der Waals surface area contributed by atoms with Crippen molar-refractivity contribution in [1.82, 2.24) is 9.78 Å². The maximum absolute atomic E-state index is 13.7. The summed E-state index contributed by atoms with van der Waals surface area (Å²) in [5.41, 5.74) is 1.35. The largest absolute Gasteiger partial charge is 0.481 e. The number of aromatic nitrogens is 2. The molecule has 0 aliphatic carbocycles. The number of rotatable bonds is 4. The van der Waals surface area contributed by atoms with Gasteiger partial charge in [-0.25, -0.2) is 22.3 Å². The van der Waals surface area contributed by atoms with Gasteiger partial charge in [-0.3, -0.25) is 4.68 Å². The number of primary sulfonamides is 1. The minimum Gasteiger partial charge on any atom is -0.481 e. The summed E-state index contributed by atoms with van der Waals surface area (Å²) >= 11 is 0. The zero-order valence-electron chi connectivity index (χ0n) is 11.3. The smallest absolute Gasteiger partial charge is 0.238 e. The van der Waals surface area contributed by atoms with Crippen molar-refractivity contribution in [3.63, 3.8) is 0 Å². The highest BCUT2D eigenvalue weighted by Crippen LogP contribution is 2.25. The zero-order chi connectivity index (χ0) is 15.8. The molecule has 0 atom stereocenters. The third-order valence-corrected chi connectivity index (χ3v) is 3.66. The van der Waals surface area contributed by atoms with Crippen LogP contribution in [0.4, 0.5) is 8.78 Å². The molecule has 0 unspecified atom stereocenters. The molecular weight excluding hydrogens is 304 g/mol. The van der Waals surface area contributed by atoms with Crippen LogP contribution in [0.1, 0.15) is 11.4 Å². The van der Waals surface area contributed by atoms with Crippen LogP contribution >= 0.6 is 0 Å². The van der Waals surface area contributed by atoms with E-state index in [1.54, 1.807) is 20.0 Å². The molecule has 0 aliphatic rings. The Bertz CT molecular complexity index is 764. The quantitative estimate of drug-likeness (QED) is 0.919. The molecule has 0 saturated heterocycles. The van der Waals surface area contributed by atoms with E-state index in [0.717, 1.165) is 5.69 Å². The molecule has 0 amide bonds. The zero-order valence-corrected chi connectivity index (χ0v) is 12.1. The van der Waals surface area contributed by atoms with Gasteiger partial charge < -0.3 is 4.74 Å². The Hall–Kier alpha value is -2.00. The molecule has 0 radical (unpaired) electrons. The highest BCUT2D eigenvalue weighted by atomic mass is 32.2. The summed E-state index contributed by atoms with van der Waals surface area (Å²) in [7, 11) is -2.52. The number of halogens is 2. The summed E-state index contributed by atoms with van der Waals surface area (Å²) in [6, 6.07) is 2.93. The number of benzene rings is 1. The van der Waals surface area contributed by atoms with Gasteiger partial charge in [0.1, 0.15) is 6.61 Å². The molecule has 0 saturated carbocycles. The summed E-state index contributed by atoms with van der Waals surface area (Å²) in [5, 5.41) is 8.89. The number of ether oxygens (including phenoxy) is 1. The van der Waals surface area contributed by atoms with Gasteiger partial charge in [-0.15, -0.1) is 0 Å². The van der Waals surface area contributed by atoms with Crippen molar-refractivity contribution in [2.45, 2.75) is 18.4 Å². The first-order chi connectivity index (χ1) is 9.68. The van der Waals surface area contributed by atoms with Crippen LogP contribution in [0.3, 0.4) is 0 Å². The molecule has 9 heteroatoms.